The van der Waals surface area contributed by atoms with Gasteiger partial charge in [-0.25, -0.2) is 0 Å². The number of pyridine rings is 1. The van der Waals surface area contributed by atoms with Crippen molar-refractivity contribution in [3.05, 3.63) is 65.0 Å². The summed E-state index contributed by atoms with van der Waals surface area (Å²) in [7, 11) is 0. The first-order valence-corrected chi connectivity index (χ1v) is 7.12. The number of aliphatic hydroxyl groups is 1. The summed E-state index contributed by atoms with van der Waals surface area (Å²) in [6.45, 7) is 2.47. The van der Waals surface area contributed by atoms with Crippen molar-refractivity contribution in [1.29, 1.82) is 0 Å². The number of hydrogen-bond donors (Lipinski definition) is 1. The molecule has 0 saturated heterocycles. The van der Waals surface area contributed by atoms with Gasteiger partial charge in [0, 0.05) is 18.9 Å². The van der Waals surface area contributed by atoms with Gasteiger partial charge in [-0.1, -0.05) is 24.3 Å². The van der Waals surface area contributed by atoms with Gasteiger partial charge in [-0.2, -0.15) is 0 Å². The molecule has 1 N–H and O–H groups in total. The van der Waals surface area contributed by atoms with Gasteiger partial charge < -0.3 is 10.0 Å². The van der Waals surface area contributed by atoms with Gasteiger partial charge in [-0.05, 0) is 36.1 Å². The largest absolute Gasteiger partial charge is 0.394 e. The maximum Gasteiger partial charge on any atom is 0.256 e. The molecular formula is C17H18N2O2. The minimum absolute atomic E-state index is 0.0675. The van der Waals surface area contributed by atoms with E-state index in [0.29, 0.717) is 12.1 Å². The maximum atomic E-state index is 12.7. The van der Waals surface area contributed by atoms with Crippen LogP contribution in [0.15, 0.2) is 42.7 Å². The van der Waals surface area contributed by atoms with Gasteiger partial charge in [-0.15, -0.1) is 0 Å². The lowest BCUT2D eigenvalue weighted by Gasteiger charge is -2.36. The predicted molar refractivity (Wildman–Crippen MR) is 80.0 cm³/mol. The van der Waals surface area contributed by atoms with E-state index in [-0.39, 0.29) is 18.6 Å². The highest BCUT2D eigenvalue weighted by Gasteiger charge is 2.30. The zero-order valence-corrected chi connectivity index (χ0v) is 12.0. The third-order valence-electron chi connectivity index (χ3n) is 3.97. The zero-order chi connectivity index (χ0) is 14.8. The fraction of sp³-hybridized carbons (Fsp3) is 0.294. The average Bonchev–Trinajstić information content (AvgIpc) is 2.53. The molecule has 1 aliphatic rings. The second-order valence-corrected chi connectivity index (χ2v) is 5.40. The van der Waals surface area contributed by atoms with Gasteiger partial charge >= 0.3 is 0 Å². The van der Waals surface area contributed by atoms with Crippen molar-refractivity contribution in [2.45, 2.75) is 19.4 Å². The van der Waals surface area contributed by atoms with E-state index in [4.69, 9.17) is 0 Å². The molecule has 0 bridgehead atoms. The average molecular weight is 282 g/mol. The SMILES string of the molecule is Cc1cncc(C(=O)N2CCc3ccccc3[C@@H]2CO)c1. The number of aromatic nitrogens is 1. The monoisotopic (exact) mass is 282 g/mol. The van der Waals surface area contributed by atoms with Crippen molar-refractivity contribution in [2.24, 2.45) is 0 Å². The number of rotatable bonds is 2. The number of fused-ring (bicyclic) bond motifs is 1. The fourth-order valence-corrected chi connectivity index (χ4v) is 2.93. The Balaban J connectivity index is 1.94. The highest BCUT2D eigenvalue weighted by atomic mass is 16.3. The van der Waals surface area contributed by atoms with Gasteiger partial charge in [-0.3, -0.25) is 9.78 Å². The van der Waals surface area contributed by atoms with Crippen molar-refractivity contribution in [1.82, 2.24) is 9.88 Å². The molecule has 0 spiro atoms. The molecule has 1 aromatic heterocycles. The van der Waals surface area contributed by atoms with Crippen molar-refractivity contribution in [2.75, 3.05) is 13.2 Å². The van der Waals surface area contributed by atoms with Crippen LogP contribution in [0.2, 0.25) is 0 Å². The van der Waals surface area contributed by atoms with Crippen LogP contribution in [0, 0.1) is 6.92 Å². The van der Waals surface area contributed by atoms with Gasteiger partial charge in [0.2, 0.25) is 0 Å². The van der Waals surface area contributed by atoms with Crippen molar-refractivity contribution >= 4 is 5.91 Å². The Kier molecular flexibility index (Phi) is 3.71. The lowest BCUT2D eigenvalue weighted by Crippen LogP contribution is -2.41. The standard InChI is InChI=1S/C17H18N2O2/c1-12-8-14(10-18-9-12)17(21)19-7-6-13-4-2-3-5-15(13)16(19)11-20/h2-5,8-10,16,20H,6-7,11H2,1H3/t16-/m0/s1. The summed E-state index contributed by atoms with van der Waals surface area (Å²) in [6, 6.07) is 9.56. The number of amides is 1. The van der Waals surface area contributed by atoms with Crippen LogP contribution < -0.4 is 0 Å². The summed E-state index contributed by atoms with van der Waals surface area (Å²) in [5, 5.41) is 9.75. The zero-order valence-electron chi connectivity index (χ0n) is 12.0. The quantitative estimate of drug-likeness (QED) is 0.918. The molecule has 1 aliphatic heterocycles. The van der Waals surface area contributed by atoms with E-state index in [1.807, 2.05) is 31.2 Å². The van der Waals surface area contributed by atoms with Gasteiger partial charge in [0.1, 0.15) is 0 Å². The first-order valence-electron chi connectivity index (χ1n) is 7.12. The Hall–Kier alpha value is -2.20. The Bertz CT molecular complexity index is 669. The number of nitrogens with zero attached hydrogens (tertiary/aromatic N) is 2. The molecule has 4 heteroatoms. The second kappa shape index (κ2) is 5.66. The first kappa shape index (κ1) is 13.8. The summed E-state index contributed by atoms with van der Waals surface area (Å²) in [4.78, 5) is 18.5. The smallest absolute Gasteiger partial charge is 0.256 e. The van der Waals surface area contributed by atoms with Gasteiger partial charge in [0.05, 0.1) is 18.2 Å². The highest BCUT2D eigenvalue weighted by molar-refractivity contribution is 5.94. The normalized spacial score (nSPS) is 17.4. The second-order valence-electron chi connectivity index (χ2n) is 5.40. The van der Waals surface area contributed by atoms with Crippen LogP contribution in [0.4, 0.5) is 0 Å². The molecule has 2 aromatic rings. The van der Waals surface area contributed by atoms with Crippen LogP contribution >= 0.6 is 0 Å². The minimum Gasteiger partial charge on any atom is -0.394 e. The van der Waals surface area contributed by atoms with Crippen LogP contribution in [-0.4, -0.2) is 34.0 Å². The van der Waals surface area contributed by atoms with Crippen molar-refractivity contribution < 1.29 is 9.90 Å². The van der Waals surface area contributed by atoms with E-state index in [9.17, 15) is 9.90 Å². The molecule has 0 saturated carbocycles. The Labute approximate surface area is 124 Å². The Morgan fingerprint density at radius 3 is 2.95 bits per heavy atom. The molecule has 3 rings (SSSR count). The Morgan fingerprint density at radius 1 is 1.38 bits per heavy atom. The number of hydrogen-bond acceptors (Lipinski definition) is 3. The maximum absolute atomic E-state index is 12.7. The molecule has 0 fully saturated rings. The third kappa shape index (κ3) is 2.54. The summed E-state index contributed by atoms with van der Waals surface area (Å²) < 4.78 is 0. The molecule has 108 valence electrons. The van der Waals surface area contributed by atoms with Crippen LogP contribution in [0.1, 0.15) is 33.1 Å². The number of aryl methyl sites for hydroxylation is 1. The van der Waals surface area contributed by atoms with E-state index >= 15 is 0 Å². The Morgan fingerprint density at radius 2 is 2.19 bits per heavy atom. The first-order chi connectivity index (χ1) is 10.2. The summed E-state index contributed by atoms with van der Waals surface area (Å²) in [5.41, 5.74) is 3.79. The lowest BCUT2D eigenvalue weighted by atomic mass is 9.92. The highest BCUT2D eigenvalue weighted by Crippen LogP contribution is 2.30. The van der Waals surface area contributed by atoms with Crippen LogP contribution in [0.3, 0.4) is 0 Å². The number of aliphatic hydroxyl groups excluding tert-OH is 1. The van der Waals surface area contributed by atoms with E-state index < -0.39 is 0 Å². The molecule has 0 unspecified atom stereocenters. The lowest BCUT2D eigenvalue weighted by molar-refractivity contribution is 0.0568. The summed E-state index contributed by atoms with van der Waals surface area (Å²) in [5.74, 6) is -0.0697. The molecule has 0 radical (unpaired) electrons. The predicted octanol–water partition coefficient (Wildman–Crippen LogP) is 2.12. The fourth-order valence-electron chi connectivity index (χ4n) is 2.93. The molecule has 0 aliphatic carbocycles. The summed E-state index contributed by atoms with van der Waals surface area (Å²) in [6.07, 6.45) is 4.13. The van der Waals surface area contributed by atoms with E-state index in [1.54, 1.807) is 17.3 Å². The molecule has 4 nitrogen and oxygen atoms in total. The van der Waals surface area contributed by atoms with E-state index in [1.165, 1.54) is 5.56 Å². The molecule has 1 atom stereocenters. The molecule has 1 amide bonds. The third-order valence-corrected chi connectivity index (χ3v) is 3.97. The summed E-state index contributed by atoms with van der Waals surface area (Å²) >= 11 is 0. The topological polar surface area (TPSA) is 53.4 Å². The van der Waals surface area contributed by atoms with E-state index in [0.717, 1.165) is 17.5 Å². The molecular weight excluding hydrogens is 264 g/mol. The minimum atomic E-state index is -0.275. The van der Waals surface area contributed by atoms with Crippen molar-refractivity contribution in [3.63, 3.8) is 0 Å². The van der Waals surface area contributed by atoms with Gasteiger partial charge in [0.25, 0.3) is 5.91 Å². The van der Waals surface area contributed by atoms with E-state index in [2.05, 4.69) is 11.1 Å². The van der Waals surface area contributed by atoms with Crippen LogP contribution in [0.25, 0.3) is 0 Å². The number of carbonyl (C=O) groups is 1. The number of benzene rings is 1. The molecule has 1 aromatic carbocycles. The van der Waals surface area contributed by atoms with Crippen molar-refractivity contribution in [3.8, 4) is 0 Å². The molecule has 21 heavy (non-hydrogen) atoms. The van der Waals surface area contributed by atoms with Crippen LogP contribution in [-0.2, 0) is 6.42 Å². The molecule has 2 heterocycles. The van der Waals surface area contributed by atoms with Gasteiger partial charge in [0.15, 0.2) is 0 Å². The van der Waals surface area contributed by atoms with Crippen LogP contribution in [0.5, 0.6) is 0 Å². The number of carbonyl (C=O) groups excluding carboxylic acids is 1.